The van der Waals surface area contributed by atoms with Crippen molar-refractivity contribution in [2.24, 2.45) is 0 Å². The third-order valence-corrected chi connectivity index (χ3v) is 3.47. The van der Waals surface area contributed by atoms with Crippen LogP contribution in [0.5, 0.6) is 5.75 Å². The zero-order chi connectivity index (χ0) is 16.7. The summed E-state index contributed by atoms with van der Waals surface area (Å²) in [5.41, 5.74) is 1.50. The first-order valence-corrected chi connectivity index (χ1v) is 7.51. The Bertz CT molecular complexity index is 697. The number of hydrogen-bond acceptors (Lipinski definition) is 6. The molecule has 0 saturated heterocycles. The standard InChI is InChI=1S/C16H19O6P.Ac/c1-19-15(18)10-20-14-5-2-4-12-11(7-9-21-23)13(6-3-8-17)22-16(12)14;/h2-6,17H,7-10,23H2,1H3;/b6-3+;. The minimum atomic E-state index is -0.467. The summed E-state index contributed by atoms with van der Waals surface area (Å²) in [5.74, 6) is 0.625. The van der Waals surface area contributed by atoms with Crippen LogP contribution in [0.25, 0.3) is 17.0 Å². The van der Waals surface area contributed by atoms with E-state index >= 15 is 0 Å². The number of carbonyl (C=O) groups excluding carboxylic acids is 1. The van der Waals surface area contributed by atoms with Gasteiger partial charge in [0.2, 0.25) is 0 Å². The number of furan rings is 1. The molecule has 8 heteroatoms. The Morgan fingerprint density at radius 1 is 1.42 bits per heavy atom. The number of carbonyl (C=O) groups is 1. The summed E-state index contributed by atoms with van der Waals surface area (Å²) in [6.07, 6.45) is 3.95. The van der Waals surface area contributed by atoms with E-state index in [-0.39, 0.29) is 57.3 Å². The van der Waals surface area contributed by atoms with Gasteiger partial charge in [0.1, 0.15) is 5.76 Å². The largest absolute Gasteiger partial charge is 0.478 e. The van der Waals surface area contributed by atoms with Gasteiger partial charge in [0.25, 0.3) is 0 Å². The first-order valence-electron chi connectivity index (χ1n) is 7.04. The van der Waals surface area contributed by atoms with Crippen molar-refractivity contribution in [1.82, 2.24) is 0 Å². The number of aliphatic hydroxyl groups excluding tert-OH is 1. The van der Waals surface area contributed by atoms with E-state index in [0.717, 1.165) is 10.9 Å². The maximum atomic E-state index is 11.2. The monoisotopic (exact) mass is 565 g/mol. The summed E-state index contributed by atoms with van der Waals surface area (Å²) in [6.45, 7) is 0.233. The van der Waals surface area contributed by atoms with E-state index in [0.29, 0.717) is 30.1 Å². The molecule has 0 aliphatic carbocycles. The predicted octanol–water partition coefficient (Wildman–Crippen LogP) is 2.34. The van der Waals surface area contributed by atoms with Crippen molar-refractivity contribution < 1.29 is 72.4 Å². The van der Waals surface area contributed by atoms with Crippen LogP contribution < -0.4 is 4.74 Å². The molecule has 0 bridgehead atoms. The molecule has 6 nitrogen and oxygen atoms in total. The fraction of sp³-hybridized carbons (Fsp3) is 0.312. The van der Waals surface area contributed by atoms with E-state index in [2.05, 4.69) is 14.2 Å². The molecule has 0 aliphatic heterocycles. The van der Waals surface area contributed by atoms with E-state index in [1.807, 2.05) is 12.1 Å². The molecule has 1 radical (unpaired) electrons. The quantitative estimate of drug-likeness (QED) is 0.392. The summed E-state index contributed by atoms with van der Waals surface area (Å²) in [4.78, 5) is 11.2. The zero-order valence-corrected chi connectivity index (χ0v) is 19.3. The van der Waals surface area contributed by atoms with Crippen LogP contribution >= 0.6 is 9.47 Å². The Kier molecular flexibility index (Phi) is 10.1. The molecule has 1 unspecified atom stereocenters. The SMILES string of the molecule is COC(=O)COc1cccc2c(CCOP)c(/C=C/CO)oc12.[Ac]. The Morgan fingerprint density at radius 3 is 2.88 bits per heavy atom. The minimum absolute atomic E-state index is 0. The first kappa shape index (κ1) is 21.6. The molecular weight excluding hydrogens is 546 g/mol. The number of ether oxygens (including phenoxy) is 2. The number of esters is 1. The number of hydrogen-bond donors (Lipinski definition) is 1. The number of rotatable bonds is 8. The van der Waals surface area contributed by atoms with Gasteiger partial charge in [-0.1, -0.05) is 18.2 Å². The van der Waals surface area contributed by atoms with Crippen LogP contribution in [0.1, 0.15) is 11.3 Å². The molecule has 24 heavy (non-hydrogen) atoms. The second kappa shape index (κ2) is 11.2. The van der Waals surface area contributed by atoms with Gasteiger partial charge in [-0.05, 0) is 12.1 Å². The van der Waals surface area contributed by atoms with Crippen molar-refractivity contribution in [3.8, 4) is 5.75 Å². The van der Waals surface area contributed by atoms with Gasteiger partial charge in [-0.15, -0.1) is 0 Å². The fourth-order valence-corrected chi connectivity index (χ4v) is 2.30. The van der Waals surface area contributed by atoms with E-state index in [9.17, 15) is 4.79 Å². The Balaban J connectivity index is 0.00000288. The Labute approximate surface area is 178 Å². The Morgan fingerprint density at radius 2 is 2.21 bits per heavy atom. The maximum Gasteiger partial charge on any atom is 0.343 e. The van der Waals surface area contributed by atoms with Crippen LogP contribution in [0, 0.1) is 44.1 Å². The van der Waals surface area contributed by atoms with E-state index in [1.54, 1.807) is 18.2 Å². The third kappa shape index (κ3) is 5.54. The van der Waals surface area contributed by atoms with E-state index in [4.69, 9.17) is 18.8 Å². The normalized spacial score (nSPS) is 10.8. The zero-order valence-electron chi connectivity index (χ0n) is 13.4. The second-order valence-electron chi connectivity index (χ2n) is 4.65. The van der Waals surface area contributed by atoms with Crippen molar-refractivity contribution in [2.75, 3.05) is 26.9 Å². The van der Waals surface area contributed by atoms with Gasteiger partial charge >= 0.3 is 5.97 Å². The van der Waals surface area contributed by atoms with Crippen molar-refractivity contribution in [3.05, 3.63) is 35.6 Å². The number of aliphatic hydroxyl groups is 1. The molecule has 1 N–H and O–H groups in total. The van der Waals surface area contributed by atoms with E-state index < -0.39 is 5.97 Å². The van der Waals surface area contributed by atoms with Crippen molar-refractivity contribution in [1.29, 1.82) is 0 Å². The predicted molar refractivity (Wildman–Crippen MR) is 89.2 cm³/mol. The first-order chi connectivity index (χ1) is 11.2. The summed E-state index contributed by atoms with van der Waals surface area (Å²) in [6, 6.07) is 5.47. The van der Waals surface area contributed by atoms with Crippen LogP contribution in [0.3, 0.4) is 0 Å². The smallest absolute Gasteiger partial charge is 0.343 e. The van der Waals surface area contributed by atoms with Crippen molar-refractivity contribution in [2.45, 2.75) is 6.42 Å². The number of methoxy groups -OCH3 is 1. The molecule has 1 atom stereocenters. The summed E-state index contributed by atoms with van der Waals surface area (Å²) < 4.78 is 21.0. The van der Waals surface area contributed by atoms with Crippen LogP contribution in [0.4, 0.5) is 0 Å². The van der Waals surface area contributed by atoms with E-state index in [1.165, 1.54) is 7.11 Å². The summed E-state index contributed by atoms with van der Waals surface area (Å²) in [7, 11) is 3.52. The summed E-state index contributed by atoms with van der Waals surface area (Å²) in [5, 5.41) is 9.85. The van der Waals surface area contributed by atoms with Crippen LogP contribution in [-0.4, -0.2) is 38.0 Å². The van der Waals surface area contributed by atoms with Gasteiger partial charge in [0, 0.05) is 70.9 Å². The number of fused-ring (bicyclic) bond motifs is 1. The van der Waals surface area contributed by atoms with Crippen LogP contribution in [-0.2, 0) is 20.5 Å². The molecule has 0 aliphatic rings. The maximum absolute atomic E-state index is 11.2. The van der Waals surface area contributed by atoms with Gasteiger partial charge in [0.05, 0.1) is 20.3 Å². The van der Waals surface area contributed by atoms with Crippen molar-refractivity contribution in [3.63, 3.8) is 0 Å². The Hall–Kier alpha value is -0.438. The topological polar surface area (TPSA) is 78.1 Å². The number of benzene rings is 1. The van der Waals surface area contributed by atoms with Crippen molar-refractivity contribution >= 4 is 32.5 Å². The summed E-state index contributed by atoms with van der Waals surface area (Å²) >= 11 is 0. The molecule has 0 amide bonds. The average Bonchev–Trinajstić information content (AvgIpc) is 2.93. The minimum Gasteiger partial charge on any atom is -0.478 e. The van der Waals surface area contributed by atoms with Crippen LogP contribution in [0.2, 0.25) is 0 Å². The third-order valence-electron chi connectivity index (χ3n) is 3.23. The number of para-hydroxylation sites is 1. The average molecular weight is 565 g/mol. The molecule has 1 aromatic heterocycles. The molecule has 1 heterocycles. The molecule has 1 aromatic carbocycles. The molecule has 0 saturated carbocycles. The molecule has 0 spiro atoms. The fourth-order valence-electron chi connectivity index (χ4n) is 2.19. The van der Waals surface area contributed by atoms with Gasteiger partial charge in [-0.3, -0.25) is 0 Å². The van der Waals surface area contributed by atoms with Gasteiger partial charge < -0.3 is 23.5 Å². The van der Waals surface area contributed by atoms with Gasteiger partial charge in [0.15, 0.2) is 17.9 Å². The van der Waals surface area contributed by atoms with Crippen LogP contribution in [0.15, 0.2) is 28.7 Å². The molecular formula is C16H19AcO6P. The molecule has 2 rings (SSSR count). The van der Waals surface area contributed by atoms with Gasteiger partial charge in [-0.2, -0.15) is 0 Å². The molecule has 2 aromatic rings. The second-order valence-corrected chi connectivity index (χ2v) is 4.98. The van der Waals surface area contributed by atoms with Gasteiger partial charge in [-0.25, -0.2) is 4.79 Å². The molecule has 0 fully saturated rings. The molecule has 127 valence electrons.